The molecule has 132 valence electrons. The van der Waals surface area contributed by atoms with Crippen LogP contribution >= 0.6 is 0 Å². The number of nitrogens with zero attached hydrogens (tertiary/aromatic N) is 2. The van der Waals surface area contributed by atoms with Crippen molar-refractivity contribution in [3.8, 4) is 0 Å². The molecule has 7 nitrogen and oxygen atoms in total. The fraction of sp³-hybridized carbons (Fsp3) is 0.389. The molecule has 0 bridgehead atoms. The lowest BCUT2D eigenvalue weighted by atomic mass is 9.97. The zero-order valence-electron chi connectivity index (χ0n) is 14.4. The number of hydrogen-bond acceptors (Lipinski definition) is 4. The zero-order chi connectivity index (χ0) is 17.8. The number of anilines is 1. The predicted molar refractivity (Wildman–Crippen MR) is 94.5 cm³/mol. The Balaban J connectivity index is 1.73. The third-order valence-corrected chi connectivity index (χ3v) is 4.39. The maximum atomic E-state index is 12.4. The Labute approximate surface area is 146 Å². The highest BCUT2D eigenvalue weighted by molar-refractivity contribution is 5.90. The maximum absolute atomic E-state index is 12.4. The van der Waals surface area contributed by atoms with Crippen LogP contribution < -0.4 is 16.2 Å². The van der Waals surface area contributed by atoms with Crippen LogP contribution in [0.25, 0.3) is 0 Å². The van der Waals surface area contributed by atoms with Crippen LogP contribution in [0.15, 0.2) is 41.6 Å². The molecule has 1 aliphatic rings. The Morgan fingerprint density at radius 1 is 1.32 bits per heavy atom. The van der Waals surface area contributed by atoms with Gasteiger partial charge in [-0.1, -0.05) is 0 Å². The summed E-state index contributed by atoms with van der Waals surface area (Å²) >= 11 is 0. The van der Waals surface area contributed by atoms with Gasteiger partial charge in [0.05, 0.1) is 6.04 Å². The van der Waals surface area contributed by atoms with Gasteiger partial charge in [0.15, 0.2) is 0 Å². The first-order chi connectivity index (χ1) is 12.1. The standard InChI is InChI=1S/C18H22N4O3/c1-12-7-10-22(2)17(23)15(12)21-18(24)20-14-4-3-11-25-16(14)13-5-8-19-9-6-13/h5-10,14,16H,3-4,11H2,1-2H3,(H2,20,21,24)/t14-,16+/m0/s1. The number of hydrogen-bond donors (Lipinski definition) is 2. The Morgan fingerprint density at radius 2 is 2.08 bits per heavy atom. The number of amides is 2. The Bertz CT molecular complexity index is 804. The molecule has 2 atom stereocenters. The highest BCUT2D eigenvalue weighted by Crippen LogP contribution is 2.28. The van der Waals surface area contributed by atoms with E-state index in [9.17, 15) is 9.59 Å². The first-order valence-corrected chi connectivity index (χ1v) is 8.31. The molecule has 2 N–H and O–H groups in total. The minimum Gasteiger partial charge on any atom is -0.371 e. The number of urea groups is 1. The summed E-state index contributed by atoms with van der Waals surface area (Å²) in [6.45, 7) is 2.45. The molecule has 0 unspecified atom stereocenters. The smallest absolute Gasteiger partial charge is 0.319 e. The summed E-state index contributed by atoms with van der Waals surface area (Å²) in [5.41, 5.74) is 1.76. The van der Waals surface area contributed by atoms with E-state index < -0.39 is 6.03 Å². The molecule has 2 amide bonds. The summed E-state index contributed by atoms with van der Waals surface area (Å²) in [7, 11) is 1.65. The molecular formula is C18H22N4O3. The Hall–Kier alpha value is -2.67. The van der Waals surface area contributed by atoms with Gasteiger partial charge in [0, 0.05) is 32.2 Å². The molecule has 1 aliphatic heterocycles. The average molecular weight is 342 g/mol. The van der Waals surface area contributed by atoms with Crippen molar-refractivity contribution in [2.45, 2.75) is 31.9 Å². The molecule has 7 heteroatoms. The van der Waals surface area contributed by atoms with Crippen molar-refractivity contribution in [3.05, 3.63) is 58.3 Å². The van der Waals surface area contributed by atoms with Gasteiger partial charge in [-0.05, 0) is 49.1 Å². The highest BCUT2D eigenvalue weighted by atomic mass is 16.5. The van der Waals surface area contributed by atoms with Gasteiger partial charge in [-0.25, -0.2) is 4.79 Å². The second-order valence-corrected chi connectivity index (χ2v) is 6.21. The lowest BCUT2D eigenvalue weighted by Crippen LogP contribution is -2.45. The summed E-state index contributed by atoms with van der Waals surface area (Å²) in [5.74, 6) is 0. The lowest BCUT2D eigenvalue weighted by molar-refractivity contribution is -0.00701. The van der Waals surface area contributed by atoms with Crippen LogP contribution in [-0.4, -0.2) is 28.2 Å². The molecule has 3 rings (SSSR count). The molecule has 0 spiro atoms. The molecule has 0 aromatic carbocycles. The van der Waals surface area contributed by atoms with Crippen LogP contribution in [0.3, 0.4) is 0 Å². The number of pyridine rings is 2. The molecular weight excluding hydrogens is 320 g/mol. The summed E-state index contributed by atoms with van der Waals surface area (Å²) in [6, 6.07) is 5.00. The number of aryl methyl sites for hydroxylation is 2. The fourth-order valence-electron chi connectivity index (χ4n) is 3.00. The van der Waals surface area contributed by atoms with Crippen molar-refractivity contribution in [1.82, 2.24) is 14.9 Å². The van der Waals surface area contributed by atoms with Gasteiger partial charge in [-0.3, -0.25) is 9.78 Å². The quantitative estimate of drug-likeness (QED) is 0.895. The summed E-state index contributed by atoms with van der Waals surface area (Å²) in [4.78, 5) is 28.6. The Morgan fingerprint density at radius 3 is 2.84 bits per heavy atom. The van der Waals surface area contributed by atoms with Crippen LogP contribution in [-0.2, 0) is 11.8 Å². The van der Waals surface area contributed by atoms with E-state index in [2.05, 4.69) is 15.6 Å². The molecule has 0 radical (unpaired) electrons. The molecule has 2 aromatic heterocycles. The lowest BCUT2D eigenvalue weighted by Gasteiger charge is -2.32. The number of ether oxygens (including phenoxy) is 1. The third kappa shape index (κ3) is 3.88. The van der Waals surface area contributed by atoms with Crippen molar-refractivity contribution in [2.24, 2.45) is 7.05 Å². The SMILES string of the molecule is Cc1ccn(C)c(=O)c1NC(=O)N[C@H]1CCCO[C@@H]1c1ccncc1. The molecule has 0 aliphatic carbocycles. The largest absolute Gasteiger partial charge is 0.371 e. The normalized spacial score (nSPS) is 20.1. The van der Waals surface area contributed by atoms with Gasteiger partial charge in [-0.15, -0.1) is 0 Å². The van der Waals surface area contributed by atoms with Gasteiger partial charge in [0.1, 0.15) is 11.8 Å². The van der Waals surface area contributed by atoms with Crippen LogP contribution in [0.4, 0.5) is 10.5 Å². The van der Waals surface area contributed by atoms with Crippen molar-refractivity contribution in [3.63, 3.8) is 0 Å². The van der Waals surface area contributed by atoms with E-state index in [1.165, 1.54) is 4.57 Å². The number of aromatic nitrogens is 2. The minimum absolute atomic E-state index is 0.163. The molecule has 1 saturated heterocycles. The molecule has 25 heavy (non-hydrogen) atoms. The summed E-state index contributed by atoms with van der Waals surface area (Å²) in [6.07, 6.45) is 6.56. The van der Waals surface area contributed by atoms with Gasteiger partial charge < -0.3 is 19.9 Å². The van der Waals surface area contributed by atoms with Gasteiger partial charge in [0.2, 0.25) is 0 Å². The van der Waals surface area contributed by atoms with Crippen molar-refractivity contribution < 1.29 is 9.53 Å². The van der Waals surface area contributed by atoms with Crippen LogP contribution in [0.5, 0.6) is 0 Å². The second-order valence-electron chi connectivity index (χ2n) is 6.21. The minimum atomic E-state index is -0.402. The third-order valence-electron chi connectivity index (χ3n) is 4.39. The first kappa shape index (κ1) is 17.2. The van der Waals surface area contributed by atoms with Crippen molar-refractivity contribution >= 4 is 11.7 Å². The number of carbonyl (C=O) groups is 1. The monoisotopic (exact) mass is 342 g/mol. The van der Waals surface area contributed by atoms with Crippen LogP contribution in [0, 0.1) is 6.92 Å². The number of rotatable bonds is 3. The maximum Gasteiger partial charge on any atom is 0.319 e. The summed E-state index contributed by atoms with van der Waals surface area (Å²) < 4.78 is 7.29. The molecule has 3 heterocycles. The summed E-state index contributed by atoms with van der Waals surface area (Å²) in [5, 5.41) is 5.63. The second kappa shape index (κ2) is 7.48. The number of carbonyl (C=O) groups excluding carboxylic acids is 1. The van der Waals surface area contributed by atoms with E-state index in [4.69, 9.17) is 4.74 Å². The van der Waals surface area contributed by atoms with Gasteiger partial charge in [0.25, 0.3) is 5.56 Å². The van der Waals surface area contributed by atoms with E-state index in [1.807, 2.05) is 12.1 Å². The van der Waals surface area contributed by atoms with Crippen LogP contribution in [0.1, 0.15) is 30.1 Å². The highest BCUT2D eigenvalue weighted by Gasteiger charge is 2.29. The predicted octanol–water partition coefficient (Wildman–Crippen LogP) is 2.13. The van der Waals surface area contributed by atoms with E-state index in [0.29, 0.717) is 12.3 Å². The van der Waals surface area contributed by atoms with Gasteiger partial charge >= 0.3 is 6.03 Å². The Kier molecular flexibility index (Phi) is 5.14. The first-order valence-electron chi connectivity index (χ1n) is 8.31. The van der Waals surface area contributed by atoms with E-state index >= 15 is 0 Å². The van der Waals surface area contributed by atoms with Gasteiger partial charge in [-0.2, -0.15) is 0 Å². The molecule has 1 fully saturated rings. The van der Waals surface area contributed by atoms with Crippen molar-refractivity contribution in [2.75, 3.05) is 11.9 Å². The number of nitrogens with one attached hydrogen (secondary N) is 2. The van der Waals surface area contributed by atoms with E-state index in [1.54, 1.807) is 38.6 Å². The topological polar surface area (TPSA) is 85.2 Å². The molecule has 2 aromatic rings. The average Bonchev–Trinajstić information content (AvgIpc) is 2.63. The van der Waals surface area contributed by atoms with Crippen LogP contribution in [0.2, 0.25) is 0 Å². The van der Waals surface area contributed by atoms with E-state index in [-0.39, 0.29) is 17.7 Å². The van der Waals surface area contributed by atoms with Crippen molar-refractivity contribution in [1.29, 1.82) is 0 Å². The fourth-order valence-corrected chi connectivity index (χ4v) is 3.00. The van der Waals surface area contributed by atoms with E-state index in [0.717, 1.165) is 24.0 Å². The zero-order valence-corrected chi connectivity index (χ0v) is 14.4. The molecule has 0 saturated carbocycles.